The van der Waals surface area contributed by atoms with E-state index in [1.165, 1.54) is 24.4 Å². The molecule has 0 aliphatic carbocycles. The van der Waals surface area contributed by atoms with Crippen molar-refractivity contribution in [1.82, 2.24) is 4.98 Å². The third-order valence-electron chi connectivity index (χ3n) is 2.52. The maximum atomic E-state index is 13.6. The molecule has 0 aliphatic heterocycles. The number of carbonyl (C=O) groups is 1. The van der Waals surface area contributed by atoms with E-state index in [4.69, 9.17) is 17.3 Å². The Hall–Kier alpha value is -2.14. The molecule has 98 valence electrons. The first-order valence-corrected chi connectivity index (χ1v) is 5.84. The molecule has 2 rings (SSSR count). The van der Waals surface area contributed by atoms with Gasteiger partial charge < -0.3 is 11.1 Å². The number of hydrogen-bond acceptors (Lipinski definition) is 3. The Labute approximate surface area is 114 Å². The molecule has 1 amide bonds. The van der Waals surface area contributed by atoms with E-state index >= 15 is 0 Å². The van der Waals surface area contributed by atoms with E-state index in [9.17, 15) is 9.18 Å². The molecule has 2 aromatic rings. The van der Waals surface area contributed by atoms with Gasteiger partial charge in [-0.25, -0.2) is 4.39 Å². The van der Waals surface area contributed by atoms with E-state index in [0.717, 1.165) is 0 Å². The van der Waals surface area contributed by atoms with Crippen LogP contribution in [0.3, 0.4) is 0 Å². The van der Waals surface area contributed by atoms with E-state index in [0.29, 0.717) is 5.69 Å². The first-order chi connectivity index (χ1) is 8.99. The van der Waals surface area contributed by atoms with Crippen molar-refractivity contribution in [2.45, 2.75) is 6.92 Å². The van der Waals surface area contributed by atoms with Crippen molar-refractivity contribution < 1.29 is 9.18 Å². The van der Waals surface area contributed by atoms with Gasteiger partial charge in [-0.05, 0) is 25.1 Å². The average Bonchev–Trinajstić information content (AvgIpc) is 2.34. The number of nitrogens with zero attached hydrogens (tertiary/aromatic N) is 1. The summed E-state index contributed by atoms with van der Waals surface area (Å²) in [5.41, 5.74) is 6.89. The number of nitrogens with two attached hydrogens (primary N) is 1. The van der Waals surface area contributed by atoms with Crippen LogP contribution < -0.4 is 11.1 Å². The number of aryl methyl sites for hydroxylation is 1. The SMILES string of the molecule is Cc1cc(N)c(C(=O)Nc2cccc(Cl)c2F)cn1. The van der Waals surface area contributed by atoms with E-state index in [1.807, 2.05) is 0 Å². The van der Waals surface area contributed by atoms with E-state index in [-0.39, 0.29) is 22.0 Å². The maximum Gasteiger partial charge on any atom is 0.259 e. The van der Waals surface area contributed by atoms with Crippen LogP contribution in [0.4, 0.5) is 15.8 Å². The highest BCUT2D eigenvalue weighted by Gasteiger charge is 2.14. The molecule has 1 heterocycles. The number of anilines is 2. The van der Waals surface area contributed by atoms with Crippen LogP contribution in [0.1, 0.15) is 16.1 Å². The van der Waals surface area contributed by atoms with Gasteiger partial charge in [0, 0.05) is 17.6 Å². The Bertz CT molecular complexity index is 646. The largest absolute Gasteiger partial charge is 0.398 e. The molecule has 0 radical (unpaired) electrons. The van der Waals surface area contributed by atoms with Gasteiger partial charge >= 0.3 is 0 Å². The van der Waals surface area contributed by atoms with Crippen molar-refractivity contribution in [3.8, 4) is 0 Å². The van der Waals surface area contributed by atoms with E-state index < -0.39 is 11.7 Å². The number of nitrogens with one attached hydrogen (secondary N) is 1. The third kappa shape index (κ3) is 2.82. The molecule has 0 spiro atoms. The maximum absolute atomic E-state index is 13.6. The number of halogens is 2. The second-order valence-corrected chi connectivity index (χ2v) is 4.38. The Balaban J connectivity index is 2.28. The van der Waals surface area contributed by atoms with Crippen molar-refractivity contribution in [1.29, 1.82) is 0 Å². The molecule has 1 aromatic heterocycles. The first kappa shape index (κ1) is 13.3. The third-order valence-corrected chi connectivity index (χ3v) is 2.81. The summed E-state index contributed by atoms with van der Waals surface area (Å²) in [6, 6.07) is 5.92. The lowest BCUT2D eigenvalue weighted by molar-refractivity contribution is 0.102. The van der Waals surface area contributed by atoms with Crippen LogP contribution in [0, 0.1) is 12.7 Å². The first-order valence-electron chi connectivity index (χ1n) is 5.46. The fraction of sp³-hybridized carbons (Fsp3) is 0.0769. The van der Waals surface area contributed by atoms with Gasteiger partial charge in [0.15, 0.2) is 5.82 Å². The molecule has 19 heavy (non-hydrogen) atoms. The van der Waals surface area contributed by atoms with Crippen molar-refractivity contribution in [3.05, 3.63) is 52.6 Å². The molecule has 0 atom stereocenters. The van der Waals surface area contributed by atoms with Crippen LogP contribution in [0.25, 0.3) is 0 Å². The quantitative estimate of drug-likeness (QED) is 0.888. The van der Waals surface area contributed by atoms with E-state index in [2.05, 4.69) is 10.3 Å². The molecule has 6 heteroatoms. The predicted molar refractivity (Wildman–Crippen MR) is 72.7 cm³/mol. The minimum Gasteiger partial charge on any atom is -0.398 e. The Morgan fingerprint density at radius 1 is 1.47 bits per heavy atom. The standard InChI is InChI=1S/C13H11ClFN3O/c1-7-5-10(16)8(6-17-7)13(19)18-11-4-2-3-9(14)12(11)15/h2-6H,1H3,(H2,16,17)(H,18,19). The summed E-state index contributed by atoms with van der Waals surface area (Å²) in [6.07, 6.45) is 1.35. The van der Waals surface area contributed by atoms with Crippen LogP contribution in [-0.2, 0) is 0 Å². The lowest BCUT2D eigenvalue weighted by Gasteiger charge is -2.09. The minimum atomic E-state index is -0.684. The van der Waals surface area contributed by atoms with Gasteiger partial charge in [-0.1, -0.05) is 17.7 Å². The number of nitrogen functional groups attached to an aromatic ring is 1. The van der Waals surface area contributed by atoms with E-state index in [1.54, 1.807) is 13.0 Å². The number of amides is 1. The summed E-state index contributed by atoms with van der Waals surface area (Å²) in [5, 5.41) is 2.35. The van der Waals surface area contributed by atoms with Gasteiger partial charge in [-0.3, -0.25) is 9.78 Å². The number of hydrogen-bond donors (Lipinski definition) is 2. The molecule has 4 nitrogen and oxygen atoms in total. The highest BCUT2D eigenvalue weighted by atomic mass is 35.5. The lowest BCUT2D eigenvalue weighted by Crippen LogP contribution is -2.15. The minimum absolute atomic E-state index is 0.00234. The van der Waals surface area contributed by atoms with Crippen molar-refractivity contribution >= 4 is 28.9 Å². The predicted octanol–water partition coefficient (Wildman–Crippen LogP) is 3.02. The molecular weight excluding hydrogens is 269 g/mol. The van der Waals surface area contributed by atoms with Crippen LogP contribution in [0.5, 0.6) is 0 Å². The fourth-order valence-corrected chi connectivity index (χ4v) is 1.74. The van der Waals surface area contributed by atoms with Gasteiger partial charge in [0.05, 0.1) is 16.3 Å². The summed E-state index contributed by atoms with van der Waals surface area (Å²) in [4.78, 5) is 16.0. The highest BCUT2D eigenvalue weighted by molar-refractivity contribution is 6.31. The average molecular weight is 280 g/mol. The summed E-state index contributed by atoms with van der Waals surface area (Å²) in [7, 11) is 0. The summed E-state index contributed by atoms with van der Waals surface area (Å²) >= 11 is 5.63. The molecule has 0 saturated heterocycles. The summed E-state index contributed by atoms with van der Waals surface area (Å²) < 4.78 is 13.6. The molecule has 0 aliphatic rings. The topological polar surface area (TPSA) is 68.0 Å². The second-order valence-electron chi connectivity index (χ2n) is 3.97. The lowest BCUT2D eigenvalue weighted by atomic mass is 10.2. The Morgan fingerprint density at radius 2 is 2.21 bits per heavy atom. The number of aromatic nitrogens is 1. The monoisotopic (exact) mass is 279 g/mol. The van der Waals surface area contributed by atoms with Crippen molar-refractivity contribution in [3.63, 3.8) is 0 Å². The number of benzene rings is 1. The zero-order chi connectivity index (χ0) is 14.0. The normalized spacial score (nSPS) is 10.3. The summed E-state index contributed by atoms with van der Waals surface area (Å²) in [6.45, 7) is 1.76. The molecule has 3 N–H and O–H groups in total. The van der Waals surface area contributed by atoms with Gasteiger partial charge in [0.2, 0.25) is 0 Å². The molecule has 0 bridgehead atoms. The number of pyridine rings is 1. The van der Waals surface area contributed by atoms with Gasteiger partial charge in [-0.15, -0.1) is 0 Å². The van der Waals surface area contributed by atoms with Gasteiger partial charge in [0.25, 0.3) is 5.91 Å². The number of carbonyl (C=O) groups excluding carboxylic acids is 1. The Kier molecular flexibility index (Phi) is 3.66. The van der Waals surface area contributed by atoms with Crippen LogP contribution >= 0.6 is 11.6 Å². The van der Waals surface area contributed by atoms with Crippen molar-refractivity contribution in [2.24, 2.45) is 0 Å². The molecule has 1 aromatic carbocycles. The fourth-order valence-electron chi connectivity index (χ4n) is 1.56. The van der Waals surface area contributed by atoms with Crippen molar-refractivity contribution in [2.75, 3.05) is 11.1 Å². The van der Waals surface area contributed by atoms with Crippen LogP contribution in [0.15, 0.2) is 30.5 Å². The molecule has 0 saturated carbocycles. The zero-order valence-electron chi connectivity index (χ0n) is 10.1. The molecular formula is C13H11ClFN3O. The highest BCUT2D eigenvalue weighted by Crippen LogP contribution is 2.23. The van der Waals surface area contributed by atoms with Gasteiger partial charge in [-0.2, -0.15) is 0 Å². The Morgan fingerprint density at radius 3 is 2.89 bits per heavy atom. The van der Waals surface area contributed by atoms with Gasteiger partial charge in [0.1, 0.15) is 0 Å². The van der Waals surface area contributed by atoms with Crippen LogP contribution in [0.2, 0.25) is 5.02 Å². The zero-order valence-corrected chi connectivity index (χ0v) is 10.8. The molecule has 0 fully saturated rings. The molecule has 0 unspecified atom stereocenters. The summed E-state index contributed by atoms with van der Waals surface area (Å²) in [5.74, 6) is -1.22. The second kappa shape index (κ2) is 5.24. The van der Waals surface area contributed by atoms with Crippen LogP contribution in [-0.4, -0.2) is 10.9 Å². The smallest absolute Gasteiger partial charge is 0.259 e. The number of rotatable bonds is 2.